The molecule has 4 aromatic rings. The summed E-state index contributed by atoms with van der Waals surface area (Å²) in [4.78, 5) is 42.3. The molecule has 0 saturated heterocycles. The third-order valence-electron chi connectivity index (χ3n) is 5.34. The number of nitrogens with zero attached hydrogens (tertiary/aromatic N) is 1. The van der Waals surface area contributed by atoms with E-state index in [1.54, 1.807) is 31.2 Å². The van der Waals surface area contributed by atoms with Crippen LogP contribution in [0.2, 0.25) is 0 Å². The molecule has 4 rings (SSSR count). The highest BCUT2D eigenvalue weighted by molar-refractivity contribution is 7.17. The Bertz CT molecular complexity index is 1480. The van der Waals surface area contributed by atoms with E-state index in [9.17, 15) is 14.4 Å². The zero-order chi connectivity index (χ0) is 25.3. The van der Waals surface area contributed by atoms with Crippen molar-refractivity contribution >= 4 is 39.3 Å². The van der Waals surface area contributed by atoms with E-state index in [1.807, 2.05) is 39.8 Å². The third kappa shape index (κ3) is 5.33. The zero-order valence-electron chi connectivity index (χ0n) is 20.2. The number of carbonyl (C=O) groups excluding carboxylic acids is 2. The first kappa shape index (κ1) is 24.3. The summed E-state index contributed by atoms with van der Waals surface area (Å²) >= 11 is 1.08. The summed E-state index contributed by atoms with van der Waals surface area (Å²) in [6.07, 6.45) is 0. The van der Waals surface area contributed by atoms with Gasteiger partial charge in [-0.3, -0.25) is 14.9 Å². The van der Waals surface area contributed by atoms with Crippen LogP contribution in [0.4, 0.5) is 5.13 Å². The number of amides is 1. The number of carbonyl (C=O) groups is 2. The molecule has 0 unspecified atom stereocenters. The highest BCUT2D eigenvalue weighted by Gasteiger charge is 2.19. The van der Waals surface area contributed by atoms with Crippen molar-refractivity contribution in [1.82, 2.24) is 4.98 Å². The summed E-state index contributed by atoms with van der Waals surface area (Å²) < 4.78 is 11.3. The van der Waals surface area contributed by atoms with Crippen molar-refractivity contribution in [3.05, 3.63) is 79.9 Å². The van der Waals surface area contributed by atoms with Crippen molar-refractivity contribution in [2.75, 3.05) is 11.9 Å². The Balaban J connectivity index is 1.52. The van der Waals surface area contributed by atoms with Crippen molar-refractivity contribution in [3.63, 3.8) is 0 Å². The number of aromatic nitrogens is 1. The highest BCUT2D eigenvalue weighted by atomic mass is 32.1. The van der Waals surface area contributed by atoms with Crippen molar-refractivity contribution in [2.45, 2.75) is 34.6 Å². The van der Waals surface area contributed by atoms with Gasteiger partial charge >= 0.3 is 5.97 Å². The molecule has 0 radical (unpaired) electrons. The number of benzene rings is 2. The molecule has 1 amide bonds. The van der Waals surface area contributed by atoms with Crippen molar-refractivity contribution in [3.8, 4) is 11.3 Å². The second-order valence-electron chi connectivity index (χ2n) is 8.89. The molecular weight excluding hydrogens is 464 g/mol. The number of fused-ring (bicyclic) bond motifs is 1. The average Bonchev–Trinajstić information content (AvgIpc) is 3.18. The highest BCUT2D eigenvalue weighted by Crippen LogP contribution is 2.27. The number of nitrogens with one attached hydrogen (secondary N) is 1. The predicted octanol–water partition coefficient (Wildman–Crippen LogP) is 5.91. The maximum absolute atomic E-state index is 12.7. The monoisotopic (exact) mass is 490 g/mol. The van der Waals surface area contributed by atoms with Crippen LogP contribution in [-0.2, 0) is 4.74 Å². The smallest absolute Gasteiger partial charge is 0.350 e. The second-order valence-corrected chi connectivity index (χ2v) is 9.89. The summed E-state index contributed by atoms with van der Waals surface area (Å²) in [5, 5.41) is 3.60. The van der Waals surface area contributed by atoms with E-state index in [0.717, 1.165) is 22.5 Å². The van der Waals surface area contributed by atoms with E-state index in [2.05, 4.69) is 10.3 Å². The lowest BCUT2D eigenvalue weighted by molar-refractivity contribution is 0.0463. The van der Waals surface area contributed by atoms with Gasteiger partial charge in [-0.1, -0.05) is 43.4 Å². The van der Waals surface area contributed by atoms with E-state index in [-0.39, 0.29) is 17.3 Å². The minimum Gasteiger partial charge on any atom is -0.461 e. The Kier molecular flexibility index (Phi) is 6.84. The van der Waals surface area contributed by atoms with Crippen LogP contribution in [-0.4, -0.2) is 23.5 Å². The van der Waals surface area contributed by atoms with Gasteiger partial charge in [0.05, 0.1) is 17.7 Å². The number of hydrogen-bond donors (Lipinski definition) is 1. The van der Waals surface area contributed by atoms with Gasteiger partial charge in [0, 0.05) is 17.2 Å². The van der Waals surface area contributed by atoms with Gasteiger partial charge in [-0.2, -0.15) is 0 Å². The van der Waals surface area contributed by atoms with Crippen LogP contribution in [0, 0.1) is 26.7 Å². The molecule has 0 spiro atoms. The molecule has 0 aliphatic rings. The van der Waals surface area contributed by atoms with Gasteiger partial charge in [0.1, 0.15) is 16.2 Å². The Morgan fingerprint density at radius 3 is 2.49 bits per heavy atom. The summed E-state index contributed by atoms with van der Waals surface area (Å²) in [5.74, 6) is -0.147. The van der Waals surface area contributed by atoms with Crippen LogP contribution in [0.3, 0.4) is 0 Å². The number of thiazole rings is 1. The van der Waals surface area contributed by atoms with Crippen LogP contribution in [0.5, 0.6) is 0 Å². The minimum atomic E-state index is -0.444. The minimum absolute atomic E-state index is 0.114. The predicted molar refractivity (Wildman–Crippen MR) is 137 cm³/mol. The SMILES string of the molecule is Cc1cc(C)c2oc(-c3ccc(C(=O)Nc4nc(C)c(C(=O)OCC(C)C)s4)cc3)cc(=O)c2c1. The lowest BCUT2D eigenvalue weighted by Gasteiger charge is -2.07. The summed E-state index contributed by atoms with van der Waals surface area (Å²) in [6.45, 7) is 9.79. The molecular formula is C27H26N2O5S. The topological polar surface area (TPSA) is 98.5 Å². The summed E-state index contributed by atoms with van der Waals surface area (Å²) in [6, 6.07) is 12.0. The van der Waals surface area contributed by atoms with Crippen LogP contribution < -0.4 is 10.7 Å². The number of hydrogen-bond acceptors (Lipinski definition) is 7. The van der Waals surface area contributed by atoms with Gasteiger partial charge in [0.25, 0.3) is 5.91 Å². The second kappa shape index (κ2) is 9.84. The maximum atomic E-state index is 12.7. The molecule has 1 N–H and O–H groups in total. The van der Waals surface area contributed by atoms with Gasteiger partial charge in [0.2, 0.25) is 0 Å². The van der Waals surface area contributed by atoms with Crippen molar-refractivity contribution in [2.24, 2.45) is 5.92 Å². The normalized spacial score (nSPS) is 11.1. The fraction of sp³-hybridized carbons (Fsp3) is 0.259. The van der Waals surface area contributed by atoms with E-state index in [1.165, 1.54) is 6.07 Å². The number of esters is 1. The molecule has 0 bridgehead atoms. The number of aryl methyl sites for hydroxylation is 3. The molecule has 7 nitrogen and oxygen atoms in total. The Labute approximate surface area is 206 Å². The number of rotatable bonds is 6. The molecule has 2 heterocycles. The van der Waals surface area contributed by atoms with Gasteiger partial charge in [-0.25, -0.2) is 9.78 Å². The first-order valence-electron chi connectivity index (χ1n) is 11.2. The Morgan fingerprint density at radius 2 is 1.80 bits per heavy atom. The Hall–Kier alpha value is -3.78. The van der Waals surface area contributed by atoms with Gasteiger partial charge in [-0.05, 0) is 56.0 Å². The maximum Gasteiger partial charge on any atom is 0.350 e. The standard InChI is InChI=1S/C27H26N2O5S/c1-14(2)13-33-26(32)24-17(5)28-27(35-24)29-25(31)19-8-6-18(7-9-19)22-12-21(30)20-11-15(3)10-16(4)23(20)34-22/h6-12,14H,13H2,1-5H3,(H,28,29,31). The molecule has 35 heavy (non-hydrogen) atoms. The first-order chi connectivity index (χ1) is 16.6. The van der Waals surface area contributed by atoms with Crippen LogP contribution in [0.25, 0.3) is 22.3 Å². The molecule has 0 aliphatic carbocycles. The lowest BCUT2D eigenvalue weighted by Crippen LogP contribution is -2.11. The van der Waals surface area contributed by atoms with Crippen molar-refractivity contribution < 1.29 is 18.7 Å². The van der Waals surface area contributed by atoms with E-state index >= 15 is 0 Å². The average molecular weight is 491 g/mol. The quantitative estimate of drug-likeness (QED) is 0.338. The van der Waals surface area contributed by atoms with E-state index < -0.39 is 5.97 Å². The van der Waals surface area contributed by atoms with E-state index in [4.69, 9.17) is 9.15 Å². The molecule has 2 aromatic heterocycles. The zero-order valence-corrected chi connectivity index (χ0v) is 21.0. The van der Waals surface area contributed by atoms with Gasteiger partial charge in [0.15, 0.2) is 10.6 Å². The largest absolute Gasteiger partial charge is 0.461 e. The van der Waals surface area contributed by atoms with Gasteiger partial charge in [-0.15, -0.1) is 0 Å². The number of anilines is 1. The molecule has 2 aromatic carbocycles. The first-order valence-corrected chi connectivity index (χ1v) is 12.1. The number of ether oxygens (including phenoxy) is 1. The molecule has 0 atom stereocenters. The molecule has 0 fully saturated rings. The van der Waals surface area contributed by atoms with Crippen LogP contribution >= 0.6 is 11.3 Å². The molecule has 0 aliphatic heterocycles. The van der Waals surface area contributed by atoms with Gasteiger partial charge < -0.3 is 9.15 Å². The molecule has 180 valence electrons. The van der Waals surface area contributed by atoms with Crippen molar-refractivity contribution in [1.29, 1.82) is 0 Å². The van der Waals surface area contributed by atoms with E-state index in [0.29, 0.717) is 50.2 Å². The van der Waals surface area contributed by atoms with Crippen LogP contribution in [0.15, 0.2) is 51.7 Å². The summed E-state index contributed by atoms with van der Waals surface area (Å²) in [5.41, 5.74) is 3.92. The fourth-order valence-corrected chi connectivity index (χ4v) is 4.51. The molecule has 0 saturated carbocycles. The third-order valence-corrected chi connectivity index (χ3v) is 6.39. The summed E-state index contributed by atoms with van der Waals surface area (Å²) in [7, 11) is 0. The van der Waals surface area contributed by atoms with Crippen LogP contribution in [0.1, 0.15) is 50.7 Å². The fourth-order valence-electron chi connectivity index (χ4n) is 3.65. The Morgan fingerprint density at radius 1 is 1.09 bits per heavy atom. The lowest BCUT2D eigenvalue weighted by atomic mass is 10.1. The molecule has 8 heteroatoms.